The molecule has 4 aromatic rings. The molecule has 0 unspecified atom stereocenters. The molecular formula is C31H23N5O2. The lowest BCUT2D eigenvalue weighted by molar-refractivity contribution is 0.480. The Labute approximate surface area is 218 Å². The molecule has 0 spiro atoms. The van der Waals surface area contributed by atoms with Gasteiger partial charge in [0.05, 0.1) is 28.6 Å². The van der Waals surface area contributed by atoms with Gasteiger partial charge < -0.3 is 20.2 Å². The van der Waals surface area contributed by atoms with Crippen LogP contribution in [0.4, 0.5) is 0 Å². The van der Waals surface area contributed by atoms with E-state index in [1.54, 1.807) is 30.5 Å². The van der Waals surface area contributed by atoms with Gasteiger partial charge in [0.25, 0.3) is 0 Å². The van der Waals surface area contributed by atoms with Crippen LogP contribution >= 0.6 is 0 Å². The molecule has 4 N–H and O–H groups in total. The Hall–Kier alpha value is -5.43. The molecule has 6 rings (SSSR count). The molecule has 0 saturated heterocycles. The number of aromatic hydroxyl groups is 2. The minimum absolute atomic E-state index is 0.187. The fourth-order valence-corrected chi connectivity index (χ4v) is 4.68. The minimum Gasteiger partial charge on any atom is -0.506 e. The largest absolute Gasteiger partial charge is 0.506 e. The Balaban J connectivity index is 1.35. The van der Waals surface area contributed by atoms with Gasteiger partial charge in [0.1, 0.15) is 17.2 Å². The molecule has 2 aliphatic rings. The molecule has 4 heterocycles. The zero-order chi connectivity index (χ0) is 26.2. The minimum atomic E-state index is 0.187. The summed E-state index contributed by atoms with van der Waals surface area (Å²) in [7, 11) is 0. The van der Waals surface area contributed by atoms with E-state index in [2.05, 4.69) is 38.3 Å². The first-order chi connectivity index (χ1) is 18.6. The maximum absolute atomic E-state index is 10.2. The standard InChI is InChI=1S/C31H23N5O2/c1-3-24-19(21-7-5-9-28(37)30(21)33-24)13-11-18-12-14-23-26(35-36-27(23)17-32-18)16-15-20-22-8-6-10-29(38)31(22)34-25(20)4-2/h3-17,33-34,37-38H,1-2H2/b13-11+,16-15+. The Kier molecular flexibility index (Phi) is 5.58. The highest BCUT2D eigenvalue weighted by Gasteiger charge is 2.13. The molecule has 184 valence electrons. The molecule has 2 aromatic heterocycles. The normalized spacial score (nSPS) is 11.9. The third-order valence-electron chi connectivity index (χ3n) is 6.58. The van der Waals surface area contributed by atoms with E-state index in [-0.39, 0.29) is 11.5 Å². The molecular weight excluding hydrogens is 474 g/mol. The highest BCUT2D eigenvalue weighted by atomic mass is 16.3. The van der Waals surface area contributed by atoms with Crippen LogP contribution in [0.2, 0.25) is 0 Å². The topological polar surface area (TPSA) is 111 Å². The number of phenols is 2. The van der Waals surface area contributed by atoms with E-state index >= 15 is 0 Å². The molecule has 0 amide bonds. The number of aromatic amines is 2. The van der Waals surface area contributed by atoms with Gasteiger partial charge in [-0.05, 0) is 54.6 Å². The molecule has 0 saturated carbocycles. The fraction of sp³-hybridized carbons (Fsp3) is 0. The summed E-state index contributed by atoms with van der Waals surface area (Å²) in [5.74, 6) is 0.379. The van der Waals surface area contributed by atoms with Crippen molar-refractivity contribution in [3.8, 4) is 22.8 Å². The Morgan fingerprint density at radius 3 is 1.89 bits per heavy atom. The van der Waals surface area contributed by atoms with Crippen molar-refractivity contribution in [1.82, 2.24) is 25.1 Å². The molecule has 2 aliphatic heterocycles. The number of rotatable bonds is 6. The highest BCUT2D eigenvalue weighted by molar-refractivity contribution is 5.99. The van der Waals surface area contributed by atoms with Crippen molar-refractivity contribution in [2.45, 2.75) is 0 Å². The summed E-state index contributed by atoms with van der Waals surface area (Å²) in [6.45, 7) is 7.77. The van der Waals surface area contributed by atoms with Crippen LogP contribution < -0.4 is 0 Å². The van der Waals surface area contributed by atoms with Crippen LogP contribution in [0.15, 0.2) is 67.9 Å². The van der Waals surface area contributed by atoms with E-state index in [0.717, 1.165) is 44.5 Å². The van der Waals surface area contributed by atoms with Gasteiger partial charge in [-0.2, -0.15) is 0 Å². The van der Waals surface area contributed by atoms with Crippen molar-refractivity contribution in [3.63, 3.8) is 0 Å². The van der Waals surface area contributed by atoms with Gasteiger partial charge in [-0.15, -0.1) is 10.2 Å². The molecule has 38 heavy (non-hydrogen) atoms. The summed E-state index contributed by atoms with van der Waals surface area (Å²) >= 11 is 0. The smallest absolute Gasteiger partial charge is 0.139 e. The number of hydrogen-bond acceptors (Lipinski definition) is 5. The number of benzene rings is 2. The number of para-hydroxylation sites is 2. The third kappa shape index (κ3) is 3.83. The van der Waals surface area contributed by atoms with E-state index in [4.69, 9.17) is 0 Å². The van der Waals surface area contributed by atoms with E-state index in [1.807, 2.05) is 60.7 Å². The number of phenolic OH excluding ortho intramolecular Hbond substituents is 2. The third-order valence-corrected chi connectivity index (χ3v) is 6.58. The van der Waals surface area contributed by atoms with Gasteiger partial charge in [-0.25, -0.2) is 0 Å². The van der Waals surface area contributed by atoms with Crippen LogP contribution in [0.5, 0.6) is 11.5 Å². The number of fused-ring (bicyclic) bond motifs is 3. The Morgan fingerprint density at radius 2 is 1.29 bits per heavy atom. The van der Waals surface area contributed by atoms with E-state index in [1.165, 1.54) is 0 Å². The molecule has 7 nitrogen and oxygen atoms in total. The summed E-state index contributed by atoms with van der Waals surface area (Å²) in [5, 5.41) is 30.8. The second-order valence-electron chi connectivity index (χ2n) is 8.78. The fourth-order valence-electron chi connectivity index (χ4n) is 4.68. The number of H-pyrrole nitrogens is 2. The van der Waals surface area contributed by atoms with Crippen molar-refractivity contribution in [2.75, 3.05) is 0 Å². The summed E-state index contributed by atoms with van der Waals surface area (Å²) in [6.07, 6.45) is 12.9. The SMILES string of the molecule is C=Cc1[nH]c2c(O)cccc2c1/C=C/c1ccc2c(/C=C/c3c(C=C)[nH]c4c(O)cccc34)nnc-2cn1. The second kappa shape index (κ2) is 9.22. The van der Waals surface area contributed by atoms with E-state index < -0.39 is 0 Å². The van der Waals surface area contributed by atoms with Crippen molar-refractivity contribution in [2.24, 2.45) is 0 Å². The Morgan fingerprint density at radius 1 is 0.684 bits per heavy atom. The number of nitrogens with one attached hydrogen (secondary N) is 2. The zero-order valence-corrected chi connectivity index (χ0v) is 20.3. The molecule has 7 heteroatoms. The van der Waals surface area contributed by atoms with Crippen LogP contribution in [0.1, 0.15) is 33.9 Å². The number of hydrogen-bond donors (Lipinski definition) is 4. The average Bonchev–Trinajstić information content (AvgIpc) is 3.56. The monoisotopic (exact) mass is 497 g/mol. The number of nitrogens with zero attached hydrogens (tertiary/aromatic N) is 3. The van der Waals surface area contributed by atoms with Crippen molar-refractivity contribution >= 4 is 58.3 Å². The quantitative estimate of drug-likeness (QED) is 0.198. The predicted molar refractivity (Wildman–Crippen MR) is 154 cm³/mol. The maximum Gasteiger partial charge on any atom is 0.139 e. The van der Waals surface area contributed by atoms with Gasteiger partial charge in [-0.3, -0.25) is 4.98 Å². The summed E-state index contributed by atoms with van der Waals surface area (Å²) in [4.78, 5) is 11.0. The van der Waals surface area contributed by atoms with Crippen molar-refractivity contribution in [3.05, 3.63) is 102 Å². The van der Waals surface area contributed by atoms with Gasteiger partial charge in [0.15, 0.2) is 0 Å². The molecule has 0 radical (unpaired) electrons. The highest BCUT2D eigenvalue weighted by Crippen LogP contribution is 2.33. The van der Waals surface area contributed by atoms with Crippen molar-refractivity contribution in [1.29, 1.82) is 0 Å². The first-order valence-electron chi connectivity index (χ1n) is 12.0. The summed E-state index contributed by atoms with van der Waals surface area (Å²) < 4.78 is 0. The Bertz CT molecular complexity index is 1890. The first kappa shape index (κ1) is 23.0. The molecule has 0 fully saturated rings. The lowest BCUT2D eigenvalue weighted by atomic mass is 10.1. The maximum atomic E-state index is 10.2. The van der Waals surface area contributed by atoms with Crippen LogP contribution in [0.25, 0.3) is 69.5 Å². The van der Waals surface area contributed by atoms with Gasteiger partial charge >= 0.3 is 0 Å². The average molecular weight is 498 g/mol. The van der Waals surface area contributed by atoms with Crippen molar-refractivity contribution < 1.29 is 10.2 Å². The van der Waals surface area contributed by atoms with Crippen LogP contribution in [0, 0.1) is 0 Å². The molecule has 2 aromatic carbocycles. The number of aromatic nitrogens is 5. The van der Waals surface area contributed by atoms with Gasteiger partial charge in [0.2, 0.25) is 0 Å². The van der Waals surface area contributed by atoms with Crippen LogP contribution in [-0.2, 0) is 0 Å². The van der Waals surface area contributed by atoms with Crippen LogP contribution in [-0.4, -0.2) is 35.4 Å². The summed E-state index contributed by atoms with van der Waals surface area (Å²) in [5.41, 5.74) is 7.78. The summed E-state index contributed by atoms with van der Waals surface area (Å²) in [6, 6.07) is 14.7. The van der Waals surface area contributed by atoms with Crippen LogP contribution in [0.3, 0.4) is 0 Å². The predicted octanol–water partition coefficient (Wildman–Crippen LogP) is 6.98. The lowest BCUT2D eigenvalue weighted by Crippen LogP contribution is -1.77. The second-order valence-corrected chi connectivity index (χ2v) is 8.78. The van der Waals surface area contributed by atoms with E-state index in [0.29, 0.717) is 22.4 Å². The molecule has 0 aliphatic carbocycles. The molecule has 0 atom stereocenters. The van der Waals surface area contributed by atoms with E-state index in [9.17, 15) is 10.2 Å². The van der Waals surface area contributed by atoms with Gasteiger partial charge in [-0.1, -0.05) is 43.5 Å². The lowest BCUT2D eigenvalue weighted by Gasteiger charge is -1.95. The zero-order valence-electron chi connectivity index (χ0n) is 20.3. The first-order valence-corrected chi connectivity index (χ1v) is 12.0. The molecule has 0 bridgehead atoms. The van der Waals surface area contributed by atoms with Gasteiger partial charge in [0, 0.05) is 38.9 Å².